The molecule has 0 radical (unpaired) electrons. The lowest BCUT2D eigenvalue weighted by molar-refractivity contribution is -0.124. The molecule has 35 heavy (non-hydrogen) atoms. The first-order valence-corrected chi connectivity index (χ1v) is 12.0. The average Bonchev–Trinajstić information content (AvgIpc) is 2.84. The molecule has 0 aliphatic carbocycles. The van der Waals surface area contributed by atoms with Crippen LogP contribution in [-0.4, -0.2) is 54.1 Å². The van der Waals surface area contributed by atoms with Crippen molar-refractivity contribution in [1.82, 2.24) is 15.5 Å². The van der Waals surface area contributed by atoms with Gasteiger partial charge in [-0.25, -0.2) is 4.79 Å². The van der Waals surface area contributed by atoms with Crippen LogP contribution < -0.4 is 10.6 Å². The number of rotatable bonds is 8. The van der Waals surface area contributed by atoms with E-state index in [-0.39, 0.29) is 43.1 Å². The molecule has 1 saturated heterocycles. The Morgan fingerprint density at radius 2 is 1.60 bits per heavy atom. The van der Waals surface area contributed by atoms with Crippen molar-refractivity contribution in [2.75, 3.05) is 13.1 Å². The van der Waals surface area contributed by atoms with Gasteiger partial charge < -0.3 is 25.0 Å². The Hall–Kier alpha value is -3.39. The molecule has 2 unspecified atom stereocenters. The molecule has 2 N–H and O–H groups in total. The average molecular weight is 482 g/mol. The quantitative estimate of drug-likeness (QED) is 0.602. The normalized spacial score (nSPS) is 18.6. The molecule has 3 amide bonds. The third-order valence-electron chi connectivity index (χ3n) is 5.81. The molecule has 188 valence electrons. The minimum atomic E-state index is -0.732. The van der Waals surface area contributed by atoms with E-state index in [0.29, 0.717) is 18.7 Å². The van der Waals surface area contributed by atoms with Crippen LogP contribution in [0, 0.1) is 5.92 Å². The van der Waals surface area contributed by atoms with Gasteiger partial charge in [-0.1, -0.05) is 56.3 Å². The molecule has 1 fully saturated rings. The number of morpholine rings is 1. The summed E-state index contributed by atoms with van der Waals surface area (Å²) in [7, 11) is 0. The van der Waals surface area contributed by atoms with Crippen LogP contribution in [0.1, 0.15) is 49.2 Å². The number of alkyl carbamates (subject to hydrolysis) is 1. The third kappa shape index (κ3) is 7.82. The lowest BCUT2D eigenvalue weighted by Gasteiger charge is -2.35. The molecular formula is C27H35N3O5. The Morgan fingerprint density at radius 1 is 0.971 bits per heavy atom. The van der Waals surface area contributed by atoms with Gasteiger partial charge in [0.15, 0.2) is 0 Å². The summed E-state index contributed by atoms with van der Waals surface area (Å²) in [6.07, 6.45) is -0.622. The second kappa shape index (κ2) is 12.4. The van der Waals surface area contributed by atoms with Crippen molar-refractivity contribution in [2.24, 2.45) is 5.92 Å². The van der Waals surface area contributed by atoms with E-state index in [9.17, 15) is 14.4 Å². The van der Waals surface area contributed by atoms with E-state index in [0.717, 1.165) is 11.1 Å². The zero-order chi connectivity index (χ0) is 25.4. The SMILES string of the molecule is CC1CN(C(=O)c2ccc(CNC(=O)[C@@H](NC(=O)OCc3ccccc3)C(C)C)cc2)CC(C)O1. The molecule has 8 nitrogen and oxygen atoms in total. The number of nitrogens with zero attached hydrogens (tertiary/aromatic N) is 1. The van der Waals surface area contributed by atoms with Gasteiger partial charge in [0.2, 0.25) is 5.91 Å². The van der Waals surface area contributed by atoms with Crippen LogP contribution in [0.5, 0.6) is 0 Å². The van der Waals surface area contributed by atoms with Gasteiger partial charge in [0, 0.05) is 25.2 Å². The third-order valence-corrected chi connectivity index (χ3v) is 5.81. The molecule has 2 aromatic carbocycles. The number of benzene rings is 2. The summed E-state index contributed by atoms with van der Waals surface area (Å²) >= 11 is 0. The first kappa shape index (κ1) is 26.2. The van der Waals surface area contributed by atoms with Crippen LogP contribution in [0.4, 0.5) is 4.79 Å². The highest BCUT2D eigenvalue weighted by Gasteiger charge is 2.27. The molecule has 8 heteroatoms. The predicted octanol–water partition coefficient (Wildman–Crippen LogP) is 3.50. The molecule has 0 bridgehead atoms. The zero-order valence-corrected chi connectivity index (χ0v) is 20.8. The molecule has 1 aliphatic heterocycles. The molecule has 3 atom stereocenters. The van der Waals surface area contributed by atoms with E-state index >= 15 is 0 Å². The second-order valence-corrected chi connectivity index (χ2v) is 9.31. The van der Waals surface area contributed by atoms with Crippen LogP contribution >= 0.6 is 0 Å². The van der Waals surface area contributed by atoms with Crippen LogP contribution in [0.15, 0.2) is 54.6 Å². The largest absolute Gasteiger partial charge is 0.445 e. The topological polar surface area (TPSA) is 97.0 Å². The van der Waals surface area contributed by atoms with Gasteiger partial charge in [-0.2, -0.15) is 0 Å². The first-order valence-electron chi connectivity index (χ1n) is 12.0. The highest BCUT2D eigenvalue weighted by atomic mass is 16.5. The fourth-order valence-corrected chi connectivity index (χ4v) is 4.02. The van der Waals surface area contributed by atoms with Crippen LogP contribution in [0.3, 0.4) is 0 Å². The van der Waals surface area contributed by atoms with Crippen molar-refractivity contribution in [3.05, 3.63) is 71.3 Å². The summed E-state index contributed by atoms with van der Waals surface area (Å²) in [5.41, 5.74) is 2.32. The fraction of sp³-hybridized carbons (Fsp3) is 0.444. The maximum atomic E-state index is 12.8. The highest BCUT2D eigenvalue weighted by molar-refractivity contribution is 5.94. The van der Waals surface area contributed by atoms with E-state index in [1.165, 1.54) is 0 Å². The Labute approximate surface area is 207 Å². The van der Waals surface area contributed by atoms with Crippen molar-refractivity contribution < 1.29 is 23.9 Å². The van der Waals surface area contributed by atoms with Crippen LogP contribution in [0.25, 0.3) is 0 Å². The zero-order valence-electron chi connectivity index (χ0n) is 20.8. The lowest BCUT2D eigenvalue weighted by atomic mass is 10.0. The second-order valence-electron chi connectivity index (χ2n) is 9.31. The molecule has 3 rings (SSSR count). The van der Waals surface area contributed by atoms with Gasteiger partial charge in [0.05, 0.1) is 12.2 Å². The number of carbonyl (C=O) groups excluding carboxylic acids is 3. The van der Waals surface area contributed by atoms with E-state index in [1.54, 1.807) is 12.1 Å². The van der Waals surface area contributed by atoms with Crippen molar-refractivity contribution in [2.45, 2.75) is 59.1 Å². The van der Waals surface area contributed by atoms with E-state index in [1.807, 2.05) is 75.1 Å². The van der Waals surface area contributed by atoms with E-state index in [4.69, 9.17) is 9.47 Å². The lowest BCUT2D eigenvalue weighted by Crippen LogP contribution is -2.49. The number of hydrogen-bond acceptors (Lipinski definition) is 5. The number of amides is 3. The highest BCUT2D eigenvalue weighted by Crippen LogP contribution is 2.15. The van der Waals surface area contributed by atoms with Crippen LogP contribution in [0.2, 0.25) is 0 Å². The van der Waals surface area contributed by atoms with E-state index in [2.05, 4.69) is 10.6 Å². The maximum absolute atomic E-state index is 12.8. The Bertz CT molecular complexity index is 984. The number of carbonyl (C=O) groups is 3. The van der Waals surface area contributed by atoms with Gasteiger partial charge >= 0.3 is 6.09 Å². The Morgan fingerprint density at radius 3 is 2.20 bits per heavy atom. The standard InChI is InChI=1S/C27H35N3O5/c1-18(2)24(29-27(33)34-17-22-8-6-5-7-9-22)25(31)28-14-21-10-12-23(13-11-21)26(32)30-15-19(3)35-20(4)16-30/h5-13,18-20,24H,14-17H2,1-4H3,(H,28,31)(H,29,33)/t19?,20?,24-/m0/s1. The summed E-state index contributed by atoms with van der Waals surface area (Å²) in [6, 6.07) is 15.8. The van der Waals surface area contributed by atoms with Gasteiger partial charge in [-0.3, -0.25) is 9.59 Å². The van der Waals surface area contributed by atoms with Gasteiger partial charge in [0.1, 0.15) is 12.6 Å². The molecule has 1 aliphatic rings. The summed E-state index contributed by atoms with van der Waals surface area (Å²) in [6.45, 7) is 9.19. The maximum Gasteiger partial charge on any atom is 0.408 e. The van der Waals surface area contributed by atoms with Gasteiger partial charge in [-0.15, -0.1) is 0 Å². The molecule has 0 spiro atoms. The molecule has 2 aromatic rings. The summed E-state index contributed by atoms with van der Waals surface area (Å²) < 4.78 is 10.9. The monoisotopic (exact) mass is 481 g/mol. The van der Waals surface area contributed by atoms with E-state index < -0.39 is 12.1 Å². The van der Waals surface area contributed by atoms with Crippen molar-refractivity contribution in [1.29, 1.82) is 0 Å². The fourth-order valence-electron chi connectivity index (χ4n) is 4.02. The van der Waals surface area contributed by atoms with Crippen molar-refractivity contribution in [3.63, 3.8) is 0 Å². The molecule has 1 heterocycles. The molecule has 0 saturated carbocycles. The Balaban J connectivity index is 1.50. The summed E-state index contributed by atoms with van der Waals surface area (Å²) in [4.78, 5) is 39.6. The van der Waals surface area contributed by atoms with Crippen molar-refractivity contribution in [3.8, 4) is 0 Å². The van der Waals surface area contributed by atoms with Gasteiger partial charge in [0.25, 0.3) is 5.91 Å². The first-order chi connectivity index (χ1) is 16.7. The van der Waals surface area contributed by atoms with Crippen molar-refractivity contribution >= 4 is 17.9 Å². The van der Waals surface area contributed by atoms with Gasteiger partial charge in [-0.05, 0) is 43.0 Å². The Kier molecular flexibility index (Phi) is 9.25. The molecule has 0 aromatic heterocycles. The predicted molar refractivity (Wildman–Crippen MR) is 133 cm³/mol. The minimum absolute atomic E-state index is 0.00955. The number of ether oxygens (including phenoxy) is 2. The minimum Gasteiger partial charge on any atom is -0.445 e. The number of hydrogen-bond donors (Lipinski definition) is 2. The van der Waals surface area contributed by atoms with Crippen LogP contribution in [-0.2, 0) is 27.4 Å². The smallest absolute Gasteiger partial charge is 0.408 e. The number of nitrogens with one attached hydrogen (secondary N) is 2. The summed E-state index contributed by atoms with van der Waals surface area (Å²) in [5.74, 6) is -0.452. The molecular weight excluding hydrogens is 446 g/mol. The summed E-state index contributed by atoms with van der Waals surface area (Å²) in [5, 5.41) is 5.52.